The lowest BCUT2D eigenvalue weighted by Gasteiger charge is -2.32. The minimum atomic E-state index is -0.292. The summed E-state index contributed by atoms with van der Waals surface area (Å²) < 4.78 is 0. The summed E-state index contributed by atoms with van der Waals surface area (Å²) in [6.45, 7) is 5.55. The number of hydrogen-bond donors (Lipinski definition) is 2. The Morgan fingerprint density at radius 2 is 2.05 bits per heavy atom. The van der Waals surface area contributed by atoms with Crippen LogP contribution in [0.5, 0.6) is 5.75 Å². The molecule has 0 atom stereocenters. The SMILES string of the molecule is CN1CCN(CCNC(=O)c2cc(Cl)ccc2O)CC1. The van der Waals surface area contributed by atoms with E-state index in [0.717, 1.165) is 32.7 Å². The van der Waals surface area contributed by atoms with Gasteiger partial charge in [0, 0.05) is 44.3 Å². The molecule has 20 heavy (non-hydrogen) atoms. The maximum absolute atomic E-state index is 12.0. The number of phenolic OH excluding ortho intramolecular Hbond substituents is 1. The normalized spacial score (nSPS) is 17.1. The lowest BCUT2D eigenvalue weighted by Crippen LogP contribution is -2.46. The van der Waals surface area contributed by atoms with E-state index < -0.39 is 0 Å². The van der Waals surface area contributed by atoms with Gasteiger partial charge in [-0.25, -0.2) is 0 Å². The van der Waals surface area contributed by atoms with Crippen molar-refractivity contribution in [2.45, 2.75) is 0 Å². The molecule has 0 spiro atoms. The number of rotatable bonds is 4. The summed E-state index contributed by atoms with van der Waals surface area (Å²) in [5, 5.41) is 12.9. The summed E-state index contributed by atoms with van der Waals surface area (Å²) in [4.78, 5) is 16.6. The van der Waals surface area contributed by atoms with Crippen LogP contribution in [0.3, 0.4) is 0 Å². The molecule has 0 aromatic heterocycles. The van der Waals surface area contributed by atoms with Crippen LogP contribution in [-0.2, 0) is 0 Å². The van der Waals surface area contributed by atoms with Gasteiger partial charge in [-0.1, -0.05) is 11.6 Å². The Balaban J connectivity index is 1.79. The molecule has 1 saturated heterocycles. The lowest BCUT2D eigenvalue weighted by atomic mass is 10.2. The lowest BCUT2D eigenvalue weighted by molar-refractivity contribution is 0.0938. The molecule has 1 heterocycles. The van der Waals surface area contributed by atoms with Gasteiger partial charge in [-0.2, -0.15) is 0 Å². The number of likely N-dealkylation sites (N-methyl/N-ethyl adjacent to an activating group) is 1. The molecular weight excluding hydrogens is 278 g/mol. The number of piperazine rings is 1. The van der Waals surface area contributed by atoms with Crippen molar-refractivity contribution in [2.24, 2.45) is 0 Å². The largest absolute Gasteiger partial charge is 0.507 e. The van der Waals surface area contributed by atoms with Crippen molar-refractivity contribution < 1.29 is 9.90 Å². The fourth-order valence-corrected chi connectivity index (χ4v) is 2.36. The predicted molar refractivity (Wildman–Crippen MR) is 79.4 cm³/mol. The second kappa shape index (κ2) is 6.92. The minimum Gasteiger partial charge on any atom is -0.507 e. The Labute approximate surface area is 124 Å². The van der Waals surface area contributed by atoms with Gasteiger partial charge in [-0.3, -0.25) is 9.69 Å². The number of nitrogens with one attached hydrogen (secondary N) is 1. The van der Waals surface area contributed by atoms with Crippen LogP contribution in [0.2, 0.25) is 5.02 Å². The summed E-state index contributed by atoms with van der Waals surface area (Å²) in [6.07, 6.45) is 0. The molecule has 1 aliphatic heterocycles. The van der Waals surface area contributed by atoms with E-state index in [1.54, 1.807) is 6.07 Å². The van der Waals surface area contributed by atoms with Crippen molar-refractivity contribution in [1.29, 1.82) is 0 Å². The fraction of sp³-hybridized carbons (Fsp3) is 0.500. The van der Waals surface area contributed by atoms with E-state index >= 15 is 0 Å². The molecular formula is C14H20ClN3O2. The van der Waals surface area contributed by atoms with Gasteiger partial charge in [-0.05, 0) is 25.2 Å². The molecule has 6 heteroatoms. The molecule has 1 amide bonds. The standard InChI is InChI=1S/C14H20ClN3O2/c1-17-6-8-18(9-7-17)5-4-16-14(20)12-10-11(15)2-3-13(12)19/h2-3,10,19H,4-9H2,1H3,(H,16,20). The van der Waals surface area contributed by atoms with Crippen molar-refractivity contribution >= 4 is 17.5 Å². The maximum Gasteiger partial charge on any atom is 0.255 e. The third-order valence-corrected chi connectivity index (χ3v) is 3.75. The van der Waals surface area contributed by atoms with Crippen LogP contribution in [0.15, 0.2) is 18.2 Å². The molecule has 5 nitrogen and oxygen atoms in total. The van der Waals surface area contributed by atoms with Crippen LogP contribution in [0.1, 0.15) is 10.4 Å². The van der Waals surface area contributed by atoms with Crippen LogP contribution in [0.4, 0.5) is 0 Å². The van der Waals surface area contributed by atoms with Crippen LogP contribution < -0.4 is 5.32 Å². The Kier molecular flexibility index (Phi) is 5.23. The van der Waals surface area contributed by atoms with E-state index in [0.29, 0.717) is 11.6 Å². The Hall–Kier alpha value is -1.30. The Morgan fingerprint density at radius 1 is 1.35 bits per heavy atom. The zero-order valence-corrected chi connectivity index (χ0v) is 12.4. The second-order valence-electron chi connectivity index (χ2n) is 5.06. The van der Waals surface area contributed by atoms with Crippen LogP contribution >= 0.6 is 11.6 Å². The van der Waals surface area contributed by atoms with Gasteiger partial charge in [0.15, 0.2) is 0 Å². The highest BCUT2D eigenvalue weighted by atomic mass is 35.5. The number of amides is 1. The van der Waals surface area contributed by atoms with Crippen LogP contribution in [0.25, 0.3) is 0 Å². The first-order valence-electron chi connectivity index (χ1n) is 6.74. The molecule has 0 radical (unpaired) electrons. The first kappa shape index (κ1) is 15.1. The maximum atomic E-state index is 12.0. The minimum absolute atomic E-state index is 0.0495. The van der Waals surface area contributed by atoms with E-state index in [4.69, 9.17) is 11.6 Å². The highest BCUT2D eigenvalue weighted by Crippen LogP contribution is 2.21. The molecule has 0 saturated carbocycles. The summed E-state index contributed by atoms with van der Waals surface area (Å²) in [6, 6.07) is 4.46. The average molecular weight is 298 g/mol. The van der Waals surface area contributed by atoms with E-state index in [9.17, 15) is 9.90 Å². The summed E-state index contributed by atoms with van der Waals surface area (Å²) >= 11 is 5.83. The first-order chi connectivity index (χ1) is 9.56. The van der Waals surface area contributed by atoms with Gasteiger partial charge in [0.05, 0.1) is 5.56 Å². The van der Waals surface area contributed by atoms with Crippen molar-refractivity contribution in [3.63, 3.8) is 0 Å². The highest BCUT2D eigenvalue weighted by molar-refractivity contribution is 6.31. The van der Waals surface area contributed by atoms with E-state index in [-0.39, 0.29) is 17.2 Å². The number of halogens is 1. The van der Waals surface area contributed by atoms with Gasteiger partial charge in [0.1, 0.15) is 5.75 Å². The average Bonchev–Trinajstić information content (AvgIpc) is 2.43. The third-order valence-electron chi connectivity index (χ3n) is 3.51. The molecule has 0 aliphatic carbocycles. The number of benzene rings is 1. The molecule has 1 aromatic rings. The quantitative estimate of drug-likeness (QED) is 0.871. The molecule has 0 bridgehead atoms. The molecule has 2 N–H and O–H groups in total. The molecule has 1 aliphatic rings. The first-order valence-corrected chi connectivity index (χ1v) is 7.11. The van der Waals surface area contributed by atoms with Crippen LogP contribution in [-0.4, -0.2) is 67.1 Å². The summed E-state index contributed by atoms with van der Waals surface area (Å²) in [7, 11) is 2.11. The predicted octanol–water partition coefficient (Wildman–Crippen LogP) is 1.02. The van der Waals surface area contributed by atoms with E-state index in [2.05, 4.69) is 22.2 Å². The monoisotopic (exact) mass is 297 g/mol. The van der Waals surface area contributed by atoms with E-state index in [1.807, 2.05) is 0 Å². The Bertz CT molecular complexity index is 473. The van der Waals surface area contributed by atoms with Gasteiger partial charge >= 0.3 is 0 Å². The molecule has 2 rings (SSSR count). The van der Waals surface area contributed by atoms with Gasteiger partial charge < -0.3 is 15.3 Å². The molecule has 0 unspecified atom stereocenters. The van der Waals surface area contributed by atoms with Gasteiger partial charge in [0.2, 0.25) is 0 Å². The zero-order valence-electron chi connectivity index (χ0n) is 11.6. The number of hydrogen-bond acceptors (Lipinski definition) is 4. The van der Waals surface area contributed by atoms with Crippen LogP contribution in [0, 0.1) is 0 Å². The van der Waals surface area contributed by atoms with Gasteiger partial charge in [0.25, 0.3) is 5.91 Å². The number of phenols is 1. The molecule has 1 aromatic carbocycles. The van der Waals surface area contributed by atoms with Crippen molar-refractivity contribution in [1.82, 2.24) is 15.1 Å². The number of carbonyl (C=O) groups excluding carboxylic acids is 1. The smallest absolute Gasteiger partial charge is 0.255 e. The summed E-state index contributed by atoms with van der Waals surface area (Å²) in [5.41, 5.74) is 0.218. The molecule has 1 fully saturated rings. The number of carbonyl (C=O) groups is 1. The van der Waals surface area contributed by atoms with Crippen molar-refractivity contribution in [3.8, 4) is 5.75 Å². The number of aromatic hydroxyl groups is 1. The zero-order chi connectivity index (χ0) is 14.5. The third kappa shape index (κ3) is 4.10. The van der Waals surface area contributed by atoms with Crippen molar-refractivity contribution in [3.05, 3.63) is 28.8 Å². The Morgan fingerprint density at radius 3 is 2.75 bits per heavy atom. The van der Waals surface area contributed by atoms with Crippen molar-refractivity contribution in [2.75, 3.05) is 46.3 Å². The number of nitrogens with zero attached hydrogens (tertiary/aromatic N) is 2. The summed E-state index contributed by atoms with van der Waals surface area (Å²) in [5.74, 6) is -0.342. The second-order valence-corrected chi connectivity index (χ2v) is 5.50. The molecule has 110 valence electrons. The fourth-order valence-electron chi connectivity index (χ4n) is 2.18. The topological polar surface area (TPSA) is 55.8 Å². The highest BCUT2D eigenvalue weighted by Gasteiger charge is 2.15. The van der Waals surface area contributed by atoms with Gasteiger partial charge in [-0.15, -0.1) is 0 Å². The van der Waals surface area contributed by atoms with E-state index in [1.165, 1.54) is 12.1 Å².